The molecule has 0 amide bonds. The maximum absolute atomic E-state index is 3.69. The first kappa shape index (κ1) is 20.4. The van der Waals surface area contributed by atoms with E-state index in [1.54, 1.807) is 0 Å². The highest BCUT2D eigenvalue weighted by molar-refractivity contribution is 9.10. The van der Waals surface area contributed by atoms with E-state index in [4.69, 9.17) is 0 Å². The molecule has 0 atom stereocenters. The van der Waals surface area contributed by atoms with Gasteiger partial charge < -0.3 is 0 Å². The largest absolute Gasteiger partial charge is 0.180 e. The van der Waals surface area contributed by atoms with Crippen molar-refractivity contribution >= 4 is 60.7 Å². The van der Waals surface area contributed by atoms with E-state index in [-0.39, 0.29) is 0 Å². The van der Waals surface area contributed by atoms with E-state index in [1.807, 2.05) is 0 Å². The Hall–Kier alpha value is -2.46. The smallest absolute Gasteiger partial charge is 0.0623 e. The maximum atomic E-state index is 3.69. The van der Waals surface area contributed by atoms with Crippen molar-refractivity contribution in [3.63, 3.8) is 0 Å². The van der Waals surface area contributed by atoms with Crippen molar-refractivity contribution in [2.45, 2.75) is 0 Å². The Morgan fingerprint density at radius 1 is 0.452 bits per heavy atom. The summed E-state index contributed by atoms with van der Waals surface area (Å²) < 4.78 is 2.21. The average molecular weight is 544 g/mol. The molecule has 0 aromatic heterocycles. The Kier molecular flexibility index (Phi) is 5.66. The van der Waals surface area contributed by atoms with Crippen molar-refractivity contribution in [1.29, 1.82) is 0 Å². The molecule has 0 radical (unpaired) electrons. The standard InChI is InChI=1S/C28H20Br2Si/c29-23-11-7-9-21(19-23)27-17-18-28(22-10-8-12-24(30)20-22)31(27,25-13-3-1-4-14-25)26-15-5-2-6-16-26/h1-20H. The van der Waals surface area contributed by atoms with E-state index in [9.17, 15) is 0 Å². The maximum Gasteiger partial charge on any atom is 0.180 e. The molecule has 1 aliphatic heterocycles. The molecule has 0 unspecified atom stereocenters. The third kappa shape index (κ3) is 3.61. The van der Waals surface area contributed by atoms with Crippen LogP contribution >= 0.6 is 31.9 Å². The molecule has 0 nitrogen and oxygen atoms in total. The van der Waals surface area contributed by atoms with Crippen LogP contribution in [0.25, 0.3) is 10.4 Å². The zero-order valence-corrected chi connectivity index (χ0v) is 21.0. The van der Waals surface area contributed by atoms with Crippen LogP contribution in [0.15, 0.2) is 130 Å². The van der Waals surface area contributed by atoms with Gasteiger partial charge >= 0.3 is 0 Å². The fourth-order valence-electron chi connectivity index (χ4n) is 4.66. The molecule has 3 heteroatoms. The molecular weight excluding hydrogens is 524 g/mol. The molecule has 5 rings (SSSR count). The second-order valence-corrected chi connectivity index (χ2v) is 13.2. The van der Waals surface area contributed by atoms with Crippen molar-refractivity contribution in [3.05, 3.63) is 141 Å². The van der Waals surface area contributed by atoms with E-state index in [1.165, 1.54) is 31.9 Å². The average Bonchev–Trinajstić information content (AvgIpc) is 3.22. The molecule has 0 N–H and O–H groups in total. The zero-order valence-electron chi connectivity index (χ0n) is 16.8. The van der Waals surface area contributed by atoms with Crippen LogP contribution in [0.5, 0.6) is 0 Å². The summed E-state index contributed by atoms with van der Waals surface area (Å²) in [6, 6.07) is 39.5. The lowest BCUT2D eigenvalue weighted by Gasteiger charge is -2.35. The summed E-state index contributed by atoms with van der Waals surface area (Å²) in [7, 11) is -2.49. The van der Waals surface area contributed by atoms with Crippen LogP contribution in [0.3, 0.4) is 0 Å². The van der Waals surface area contributed by atoms with Gasteiger partial charge in [-0.1, -0.05) is 129 Å². The van der Waals surface area contributed by atoms with Crippen LogP contribution in [0.2, 0.25) is 0 Å². The minimum atomic E-state index is -2.49. The van der Waals surface area contributed by atoms with Gasteiger partial charge in [0.25, 0.3) is 0 Å². The molecule has 4 aromatic rings. The summed E-state index contributed by atoms with van der Waals surface area (Å²) in [5.74, 6) is 0. The van der Waals surface area contributed by atoms with E-state index in [2.05, 4.69) is 153 Å². The highest BCUT2D eigenvalue weighted by Gasteiger charge is 2.47. The number of hydrogen-bond acceptors (Lipinski definition) is 0. The van der Waals surface area contributed by atoms with Crippen molar-refractivity contribution < 1.29 is 0 Å². The van der Waals surface area contributed by atoms with Gasteiger partial charge in [0.15, 0.2) is 8.07 Å². The van der Waals surface area contributed by atoms with Crippen molar-refractivity contribution in [1.82, 2.24) is 0 Å². The first-order valence-electron chi connectivity index (χ1n) is 10.3. The molecular formula is C28H20Br2Si. The summed E-state index contributed by atoms with van der Waals surface area (Å²) >= 11 is 7.39. The molecule has 31 heavy (non-hydrogen) atoms. The molecule has 4 aromatic carbocycles. The van der Waals surface area contributed by atoms with E-state index >= 15 is 0 Å². The number of hydrogen-bond donors (Lipinski definition) is 0. The Labute approximate surface area is 201 Å². The lowest BCUT2D eigenvalue weighted by Crippen LogP contribution is -2.59. The predicted molar refractivity (Wildman–Crippen MR) is 142 cm³/mol. The van der Waals surface area contributed by atoms with Crippen LogP contribution in [0.1, 0.15) is 11.1 Å². The van der Waals surface area contributed by atoms with Crippen molar-refractivity contribution in [2.24, 2.45) is 0 Å². The van der Waals surface area contributed by atoms with Crippen LogP contribution in [-0.2, 0) is 0 Å². The van der Waals surface area contributed by atoms with E-state index in [0.29, 0.717) is 0 Å². The molecule has 0 bridgehead atoms. The number of halogens is 2. The Balaban J connectivity index is 1.85. The van der Waals surface area contributed by atoms with Crippen molar-refractivity contribution in [3.8, 4) is 0 Å². The summed E-state index contributed by atoms with van der Waals surface area (Å²) in [6.07, 6.45) is 4.70. The van der Waals surface area contributed by atoms with Gasteiger partial charge in [-0.2, -0.15) is 0 Å². The summed E-state index contributed by atoms with van der Waals surface area (Å²) in [5.41, 5.74) is 2.55. The molecule has 0 spiro atoms. The van der Waals surface area contributed by atoms with Gasteiger partial charge in [-0.15, -0.1) is 0 Å². The third-order valence-electron chi connectivity index (χ3n) is 5.91. The lowest BCUT2D eigenvalue weighted by atomic mass is 10.2. The Morgan fingerprint density at radius 3 is 1.26 bits per heavy atom. The number of rotatable bonds is 4. The molecule has 150 valence electrons. The quantitative estimate of drug-likeness (QED) is 0.242. The van der Waals surface area contributed by atoms with Crippen molar-refractivity contribution in [2.75, 3.05) is 0 Å². The van der Waals surface area contributed by atoms with Gasteiger partial charge in [0.05, 0.1) is 0 Å². The monoisotopic (exact) mass is 542 g/mol. The highest BCUT2D eigenvalue weighted by Crippen LogP contribution is 2.42. The van der Waals surface area contributed by atoms with E-state index in [0.717, 1.165) is 8.95 Å². The Morgan fingerprint density at radius 2 is 0.871 bits per heavy atom. The molecule has 1 aliphatic rings. The van der Waals surface area contributed by atoms with Crippen LogP contribution in [-0.4, -0.2) is 8.07 Å². The molecule has 0 saturated heterocycles. The van der Waals surface area contributed by atoms with Gasteiger partial charge in [-0.25, -0.2) is 0 Å². The minimum absolute atomic E-state index is 1.10. The molecule has 0 saturated carbocycles. The SMILES string of the molecule is Brc1cccc(C2=CC=C(c3cccc(Br)c3)[Si]2(c2ccccc2)c2ccccc2)c1. The normalized spacial score (nSPS) is 14.8. The molecule has 0 fully saturated rings. The first-order valence-corrected chi connectivity index (χ1v) is 13.8. The highest BCUT2D eigenvalue weighted by atomic mass is 79.9. The second-order valence-electron chi connectivity index (χ2n) is 7.66. The van der Waals surface area contributed by atoms with Gasteiger partial charge in [0, 0.05) is 8.95 Å². The fraction of sp³-hybridized carbons (Fsp3) is 0. The molecule has 0 aliphatic carbocycles. The minimum Gasteiger partial charge on any atom is -0.0623 e. The predicted octanol–water partition coefficient (Wildman–Crippen LogP) is 7.03. The zero-order chi connectivity index (χ0) is 21.3. The second kappa shape index (κ2) is 8.58. The number of allylic oxidation sites excluding steroid dienone is 2. The van der Waals surface area contributed by atoms with Gasteiger partial charge in [0.1, 0.15) is 0 Å². The summed E-state index contributed by atoms with van der Waals surface area (Å²) in [5, 5.41) is 5.63. The topological polar surface area (TPSA) is 0 Å². The summed E-state index contributed by atoms with van der Waals surface area (Å²) in [4.78, 5) is 0. The first-order chi connectivity index (χ1) is 15.2. The van der Waals surface area contributed by atoms with Gasteiger partial charge in [-0.3, -0.25) is 0 Å². The lowest BCUT2D eigenvalue weighted by molar-refractivity contribution is 1.58. The fourth-order valence-corrected chi connectivity index (χ4v) is 10.6. The van der Waals surface area contributed by atoms with E-state index < -0.39 is 8.07 Å². The number of benzene rings is 4. The van der Waals surface area contributed by atoms with Gasteiger partial charge in [-0.05, 0) is 56.2 Å². The van der Waals surface area contributed by atoms with Gasteiger partial charge in [0.2, 0.25) is 0 Å². The van der Waals surface area contributed by atoms with Crippen LogP contribution < -0.4 is 10.4 Å². The Bertz CT molecular complexity index is 1190. The van der Waals surface area contributed by atoms with Crippen LogP contribution in [0.4, 0.5) is 0 Å². The summed E-state index contributed by atoms with van der Waals surface area (Å²) in [6.45, 7) is 0. The van der Waals surface area contributed by atoms with Crippen LogP contribution in [0, 0.1) is 0 Å². The molecule has 1 heterocycles. The third-order valence-corrected chi connectivity index (χ3v) is 11.8.